The average Bonchev–Trinajstić information content (AvgIpc) is 3.38. The van der Waals surface area contributed by atoms with Gasteiger partial charge in [-0.2, -0.15) is 0 Å². The predicted octanol–water partition coefficient (Wildman–Crippen LogP) is 2.29. The minimum atomic E-state index is -0.717. The van der Waals surface area contributed by atoms with E-state index in [4.69, 9.17) is 4.74 Å². The lowest BCUT2D eigenvalue weighted by atomic mass is 9.87. The zero-order valence-electron chi connectivity index (χ0n) is 13.8. The summed E-state index contributed by atoms with van der Waals surface area (Å²) in [5.41, 5.74) is 1.94. The lowest BCUT2D eigenvalue weighted by Gasteiger charge is -2.26. The third kappa shape index (κ3) is 4.92. The zero-order chi connectivity index (χ0) is 16.9. The number of amides is 2. The van der Waals surface area contributed by atoms with Crippen LogP contribution in [0.3, 0.4) is 0 Å². The molecule has 0 saturated heterocycles. The molecule has 2 amide bonds. The first-order valence-corrected chi connectivity index (χ1v) is 8.70. The number of hydrogen-bond donors (Lipinski definition) is 3. The van der Waals surface area contributed by atoms with Gasteiger partial charge in [-0.15, -0.1) is 0 Å². The molecule has 132 valence electrons. The largest absolute Gasteiger partial charge is 0.389 e. The van der Waals surface area contributed by atoms with Crippen LogP contribution in [-0.2, 0) is 11.2 Å². The minimum absolute atomic E-state index is 0.138. The normalized spacial score (nSPS) is 21.0. The van der Waals surface area contributed by atoms with E-state index in [1.165, 1.54) is 25.0 Å². The molecule has 6 heteroatoms. The maximum atomic E-state index is 13.5. The highest BCUT2D eigenvalue weighted by Crippen LogP contribution is 2.30. The Bertz CT molecular complexity index is 577. The van der Waals surface area contributed by atoms with Crippen LogP contribution < -0.4 is 10.6 Å². The van der Waals surface area contributed by atoms with Crippen molar-refractivity contribution in [3.8, 4) is 0 Å². The number of aliphatic hydroxyl groups excluding tert-OH is 1. The Labute approximate surface area is 141 Å². The second-order valence-corrected chi connectivity index (χ2v) is 6.78. The fourth-order valence-corrected chi connectivity index (χ4v) is 3.05. The Balaban J connectivity index is 1.42. The summed E-state index contributed by atoms with van der Waals surface area (Å²) in [4.78, 5) is 12.0. The molecule has 2 aliphatic rings. The number of carbonyl (C=O) groups is 1. The minimum Gasteiger partial charge on any atom is -0.389 e. The Morgan fingerprint density at radius 2 is 2.21 bits per heavy atom. The van der Waals surface area contributed by atoms with Gasteiger partial charge in [0.15, 0.2) is 0 Å². The number of urea groups is 1. The Kier molecular flexibility index (Phi) is 5.68. The van der Waals surface area contributed by atoms with Crippen molar-refractivity contribution in [2.24, 2.45) is 5.92 Å². The highest BCUT2D eigenvalue weighted by molar-refractivity contribution is 5.74. The molecule has 2 aliphatic carbocycles. The molecule has 0 aromatic heterocycles. The third-order valence-corrected chi connectivity index (χ3v) is 4.59. The Hall–Kier alpha value is -1.66. The Morgan fingerprint density at radius 3 is 3.00 bits per heavy atom. The molecule has 2 unspecified atom stereocenters. The van der Waals surface area contributed by atoms with E-state index in [1.807, 2.05) is 0 Å². The van der Waals surface area contributed by atoms with E-state index in [1.54, 1.807) is 6.07 Å². The van der Waals surface area contributed by atoms with E-state index in [0.29, 0.717) is 12.5 Å². The maximum Gasteiger partial charge on any atom is 0.315 e. The van der Waals surface area contributed by atoms with Crippen LogP contribution in [0.5, 0.6) is 0 Å². The lowest BCUT2D eigenvalue weighted by molar-refractivity contribution is 0.0337. The van der Waals surface area contributed by atoms with Gasteiger partial charge in [0.2, 0.25) is 0 Å². The first-order valence-electron chi connectivity index (χ1n) is 8.70. The van der Waals surface area contributed by atoms with Gasteiger partial charge in [0.1, 0.15) is 5.82 Å². The highest BCUT2D eigenvalue weighted by atomic mass is 19.1. The van der Waals surface area contributed by atoms with Gasteiger partial charge < -0.3 is 20.5 Å². The van der Waals surface area contributed by atoms with Gasteiger partial charge in [-0.05, 0) is 61.3 Å². The molecule has 24 heavy (non-hydrogen) atoms. The molecule has 1 fully saturated rings. The fraction of sp³-hybridized carbons (Fsp3) is 0.611. The van der Waals surface area contributed by atoms with E-state index < -0.39 is 6.10 Å². The zero-order valence-corrected chi connectivity index (χ0v) is 13.8. The summed E-state index contributed by atoms with van der Waals surface area (Å²) in [5.74, 6) is 0.367. The Morgan fingerprint density at radius 1 is 1.38 bits per heavy atom. The van der Waals surface area contributed by atoms with Crippen molar-refractivity contribution in [2.45, 2.75) is 44.2 Å². The second-order valence-electron chi connectivity index (χ2n) is 6.78. The maximum absolute atomic E-state index is 13.5. The third-order valence-electron chi connectivity index (χ3n) is 4.59. The molecular weight excluding hydrogens is 311 g/mol. The summed E-state index contributed by atoms with van der Waals surface area (Å²) >= 11 is 0. The standard InChI is InChI=1S/C18H25FN2O3/c19-14-7-6-13-2-1-3-17(16(13)8-14)21-18(23)20-9-15(22)11-24-10-12-4-5-12/h6-8,12,15,17,22H,1-5,9-11H2,(H2,20,21,23). The molecular formula is C18H25FN2O3. The van der Waals surface area contributed by atoms with E-state index in [-0.39, 0.29) is 31.0 Å². The fourth-order valence-electron chi connectivity index (χ4n) is 3.05. The molecule has 0 bridgehead atoms. The molecule has 2 atom stereocenters. The van der Waals surface area contributed by atoms with Crippen molar-refractivity contribution in [1.82, 2.24) is 10.6 Å². The second kappa shape index (κ2) is 7.94. The van der Waals surface area contributed by atoms with Crippen LogP contribution in [0.2, 0.25) is 0 Å². The van der Waals surface area contributed by atoms with Crippen molar-refractivity contribution in [3.05, 3.63) is 35.1 Å². The molecule has 0 aliphatic heterocycles. The number of nitrogens with one attached hydrogen (secondary N) is 2. The van der Waals surface area contributed by atoms with Crippen LogP contribution in [0.4, 0.5) is 9.18 Å². The van der Waals surface area contributed by atoms with Crippen molar-refractivity contribution in [2.75, 3.05) is 19.8 Å². The molecule has 0 spiro atoms. The van der Waals surface area contributed by atoms with Gasteiger partial charge >= 0.3 is 6.03 Å². The first kappa shape index (κ1) is 17.2. The molecule has 1 aromatic carbocycles. The summed E-state index contributed by atoms with van der Waals surface area (Å²) in [6, 6.07) is 4.21. The van der Waals surface area contributed by atoms with Gasteiger partial charge in [-0.3, -0.25) is 0 Å². The van der Waals surface area contributed by atoms with Gasteiger partial charge in [0, 0.05) is 13.2 Å². The summed E-state index contributed by atoms with van der Waals surface area (Å²) in [7, 11) is 0. The van der Waals surface area contributed by atoms with E-state index in [2.05, 4.69) is 10.6 Å². The molecule has 0 radical (unpaired) electrons. The number of fused-ring (bicyclic) bond motifs is 1. The molecule has 1 aromatic rings. The summed E-state index contributed by atoms with van der Waals surface area (Å²) < 4.78 is 18.9. The summed E-state index contributed by atoms with van der Waals surface area (Å²) in [6.45, 7) is 1.06. The molecule has 3 rings (SSSR count). The monoisotopic (exact) mass is 336 g/mol. The SMILES string of the molecule is O=C(NCC(O)COCC1CC1)NC1CCCc2ccc(F)cc21. The smallest absolute Gasteiger partial charge is 0.315 e. The number of aliphatic hydroxyl groups is 1. The van der Waals surface area contributed by atoms with Crippen molar-refractivity contribution in [1.29, 1.82) is 0 Å². The van der Waals surface area contributed by atoms with Crippen LogP contribution in [0.15, 0.2) is 18.2 Å². The van der Waals surface area contributed by atoms with Crippen molar-refractivity contribution in [3.63, 3.8) is 0 Å². The van der Waals surface area contributed by atoms with E-state index in [0.717, 1.165) is 30.4 Å². The highest BCUT2D eigenvalue weighted by Gasteiger charge is 2.23. The topological polar surface area (TPSA) is 70.6 Å². The van der Waals surface area contributed by atoms with Crippen LogP contribution >= 0.6 is 0 Å². The van der Waals surface area contributed by atoms with Gasteiger partial charge in [-0.25, -0.2) is 9.18 Å². The quantitative estimate of drug-likeness (QED) is 0.715. The van der Waals surface area contributed by atoms with Crippen LogP contribution in [0.25, 0.3) is 0 Å². The molecule has 5 nitrogen and oxygen atoms in total. The van der Waals surface area contributed by atoms with Gasteiger partial charge in [0.25, 0.3) is 0 Å². The van der Waals surface area contributed by atoms with Crippen molar-refractivity contribution >= 4 is 6.03 Å². The van der Waals surface area contributed by atoms with E-state index >= 15 is 0 Å². The number of rotatable bonds is 7. The van der Waals surface area contributed by atoms with Crippen LogP contribution in [0, 0.1) is 11.7 Å². The average molecular weight is 336 g/mol. The predicted molar refractivity (Wildman–Crippen MR) is 88.2 cm³/mol. The number of halogens is 1. The van der Waals surface area contributed by atoms with Crippen LogP contribution in [0.1, 0.15) is 42.9 Å². The van der Waals surface area contributed by atoms with E-state index in [9.17, 15) is 14.3 Å². The first-order chi connectivity index (χ1) is 11.6. The lowest BCUT2D eigenvalue weighted by Crippen LogP contribution is -2.43. The summed E-state index contributed by atoms with van der Waals surface area (Å²) in [5, 5.41) is 15.3. The summed E-state index contributed by atoms with van der Waals surface area (Å²) in [6.07, 6.45) is 4.36. The number of aryl methyl sites for hydroxylation is 1. The van der Waals surface area contributed by atoms with Crippen molar-refractivity contribution < 1.29 is 19.0 Å². The number of benzene rings is 1. The molecule has 3 N–H and O–H groups in total. The van der Waals surface area contributed by atoms with Crippen LogP contribution in [-0.4, -0.2) is 37.0 Å². The molecule has 0 heterocycles. The van der Waals surface area contributed by atoms with Gasteiger partial charge in [0.05, 0.1) is 18.8 Å². The molecule has 1 saturated carbocycles. The number of hydrogen-bond acceptors (Lipinski definition) is 3. The van der Waals surface area contributed by atoms with Gasteiger partial charge in [-0.1, -0.05) is 6.07 Å². The number of carbonyl (C=O) groups excluding carboxylic acids is 1. The number of ether oxygens (including phenoxy) is 1.